The second-order valence-corrected chi connectivity index (χ2v) is 5.18. The Hall–Kier alpha value is -3.70. The molecule has 3 rings (SSSR count). The number of hydrogen-bond acceptors (Lipinski definition) is 8. The zero-order valence-corrected chi connectivity index (χ0v) is 13.6. The predicted molar refractivity (Wildman–Crippen MR) is 84.4 cm³/mol. The van der Waals surface area contributed by atoms with Crippen LogP contribution < -0.4 is 11.2 Å². The molecule has 0 aliphatic rings. The average Bonchev–Trinajstić information content (AvgIpc) is 3.20. The summed E-state index contributed by atoms with van der Waals surface area (Å²) in [5.41, 5.74) is 8.72. The zero-order chi connectivity index (χ0) is 18.8. The average molecular weight is 362 g/mol. The van der Waals surface area contributed by atoms with Crippen molar-refractivity contribution in [3.8, 4) is 5.82 Å². The van der Waals surface area contributed by atoms with Gasteiger partial charge in [-0.2, -0.15) is 9.78 Å². The van der Waals surface area contributed by atoms with E-state index in [-0.39, 0.29) is 23.0 Å². The Morgan fingerprint density at radius 3 is 2.73 bits per heavy atom. The Kier molecular flexibility index (Phi) is 4.39. The number of hydrazone groups is 1. The summed E-state index contributed by atoms with van der Waals surface area (Å²) in [7, 11) is 0. The molecule has 1 aromatic carbocycles. The standard InChI is InChI=1S/C14H12F2N8O2/c1-6(8-3-4-9(15)10(16)5-8)18-20-14(25)11-7(2)24(23-19-11)13-12(17)21-26-22-13/h3-5H,1-2H3,(H2,17,21)(H,20,25)/b18-6+. The fourth-order valence-electron chi connectivity index (χ4n) is 2.05. The number of aromatic nitrogens is 5. The number of carbonyl (C=O) groups is 1. The van der Waals surface area contributed by atoms with Crippen molar-refractivity contribution in [2.45, 2.75) is 13.8 Å². The number of nitrogens with two attached hydrogens (primary N) is 1. The van der Waals surface area contributed by atoms with E-state index in [0.717, 1.165) is 12.1 Å². The number of halogens is 2. The van der Waals surface area contributed by atoms with Crippen molar-refractivity contribution in [2.24, 2.45) is 5.10 Å². The first-order valence-corrected chi connectivity index (χ1v) is 7.19. The van der Waals surface area contributed by atoms with E-state index in [1.54, 1.807) is 6.92 Å². The molecule has 26 heavy (non-hydrogen) atoms. The zero-order valence-electron chi connectivity index (χ0n) is 13.6. The minimum Gasteiger partial charge on any atom is -0.378 e. The molecule has 12 heteroatoms. The third-order valence-electron chi connectivity index (χ3n) is 3.47. The highest BCUT2D eigenvalue weighted by Crippen LogP contribution is 2.14. The predicted octanol–water partition coefficient (Wildman–Crippen LogP) is 0.973. The van der Waals surface area contributed by atoms with Crippen LogP contribution in [-0.4, -0.2) is 36.9 Å². The monoisotopic (exact) mass is 362 g/mol. The van der Waals surface area contributed by atoms with Gasteiger partial charge in [0.15, 0.2) is 17.3 Å². The van der Waals surface area contributed by atoms with Gasteiger partial charge in [0.25, 0.3) is 5.91 Å². The fourth-order valence-corrected chi connectivity index (χ4v) is 2.05. The number of carbonyl (C=O) groups excluding carboxylic acids is 1. The van der Waals surface area contributed by atoms with Crippen molar-refractivity contribution in [2.75, 3.05) is 5.73 Å². The maximum Gasteiger partial charge on any atom is 0.293 e. The lowest BCUT2D eigenvalue weighted by molar-refractivity contribution is 0.0949. The smallest absolute Gasteiger partial charge is 0.293 e. The van der Waals surface area contributed by atoms with E-state index in [2.05, 4.69) is 35.8 Å². The van der Waals surface area contributed by atoms with E-state index in [1.165, 1.54) is 17.7 Å². The molecule has 0 saturated heterocycles. The van der Waals surface area contributed by atoms with Gasteiger partial charge in [-0.1, -0.05) is 5.21 Å². The van der Waals surface area contributed by atoms with Crippen LogP contribution in [0.1, 0.15) is 28.7 Å². The molecule has 2 heterocycles. The van der Waals surface area contributed by atoms with Gasteiger partial charge in [0.05, 0.1) is 11.4 Å². The summed E-state index contributed by atoms with van der Waals surface area (Å²) in [6.45, 7) is 3.09. The van der Waals surface area contributed by atoms with E-state index < -0.39 is 17.5 Å². The molecule has 3 N–H and O–H groups in total. The molecule has 0 fully saturated rings. The molecule has 0 atom stereocenters. The van der Waals surface area contributed by atoms with Crippen LogP contribution in [0.5, 0.6) is 0 Å². The quantitative estimate of drug-likeness (QED) is 0.521. The number of nitrogens with zero attached hydrogens (tertiary/aromatic N) is 6. The first kappa shape index (κ1) is 17.1. The van der Waals surface area contributed by atoms with Gasteiger partial charge in [0, 0.05) is 5.56 Å². The van der Waals surface area contributed by atoms with Crippen molar-refractivity contribution in [1.29, 1.82) is 0 Å². The van der Waals surface area contributed by atoms with Crippen molar-refractivity contribution in [3.05, 3.63) is 46.8 Å². The maximum absolute atomic E-state index is 13.3. The largest absolute Gasteiger partial charge is 0.378 e. The van der Waals surface area contributed by atoms with E-state index in [4.69, 9.17) is 5.73 Å². The molecular formula is C14H12F2N8O2. The summed E-state index contributed by atoms with van der Waals surface area (Å²) in [4.78, 5) is 12.2. The van der Waals surface area contributed by atoms with E-state index in [0.29, 0.717) is 11.3 Å². The van der Waals surface area contributed by atoms with E-state index in [1.807, 2.05) is 0 Å². The van der Waals surface area contributed by atoms with Gasteiger partial charge in [-0.25, -0.2) is 18.8 Å². The molecule has 0 aliphatic carbocycles. The van der Waals surface area contributed by atoms with Crippen molar-refractivity contribution in [1.82, 2.24) is 30.7 Å². The second kappa shape index (κ2) is 6.66. The Morgan fingerprint density at radius 2 is 2.08 bits per heavy atom. The lowest BCUT2D eigenvalue weighted by Crippen LogP contribution is -2.21. The highest BCUT2D eigenvalue weighted by Gasteiger charge is 2.20. The first-order valence-electron chi connectivity index (χ1n) is 7.19. The van der Waals surface area contributed by atoms with Crippen LogP contribution in [0.3, 0.4) is 0 Å². The van der Waals surface area contributed by atoms with E-state index in [9.17, 15) is 13.6 Å². The number of rotatable bonds is 4. The van der Waals surface area contributed by atoms with Crippen molar-refractivity contribution in [3.63, 3.8) is 0 Å². The summed E-state index contributed by atoms with van der Waals surface area (Å²) in [6, 6.07) is 3.28. The number of amides is 1. The highest BCUT2D eigenvalue weighted by molar-refractivity contribution is 6.00. The van der Waals surface area contributed by atoms with Crippen molar-refractivity contribution >= 4 is 17.4 Å². The van der Waals surface area contributed by atoms with Crippen molar-refractivity contribution < 1.29 is 18.2 Å². The summed E-state index contributed by atoms with van der Waals surface area (Å²) in [5.74, 6) is -2.57. The first-order chi connectivity index (χ1) is 12.4. The number of benzene rings is 1. The molecule has 2 aromatic heterocycles. The number of nitrogens with one attached hydrogen (secondary N) is 1. The third-order valence-corrected chi connectivity index (χ3v) is 3.47. The molecule has 0 saturated carbocycles. The summed E-state index contributed by atoms with van der Waals surface area (Å²) < 4.78 is 31.9. The Labute approximate surface area is 144 Å². The van der Waals surface area contributed by atoms with Gasteiger partial charge in [-0.15, -0.1) is 5.10 Å². The van der Waals surface area contributed by atoms with Gasteiger partial charge in [-0.3, -0.25) is 4.79 Å². The summed E-state index contributed by atoms with van der Waals surface area (Å²) >= 11 is 0. The number of nitrogen functional groups attached to an aromatic ring is 1. The van der Waals surface area contributed by atoms with E-state index >= 15 is 0 Å². The number of anilines is 1. The Bertz CT molecular complexity index is 1010. The molecule has 0 bridgehead atoms. The molecule has 0 aliphatic heterocycles. The number of hydrogen-bond donors (Lipinski definition) is 2. The molecule has 134 valence electrons. The van der Waals surface area contributed by atoms with Gasteiger partial charge in [0.1, 0.15) is 0 Å². The summed E-state index contributed by atoms with van der Waals surface area (Å²) in [5, 5.41) is 18.4. The fraction of sp³-hybridized carbons (Fsp3) is 0.143. The molecular weight excluding hydrogens is 350 g/mol. The highest BCUT2D eigenvalue weighted by atomic mass is 19.2. The minimum atomic E-state index is -1.01. The van der Waals surface area contributed by atoms with Crippen LogP contribution in [0.25, 0.3) is 5.82 Å². The topological polar surface area (TPSA) is 137 Å². The van der Waals surface area contributed by atoms with Crippen LogP contribution >= 0.6 is 0 Å². The van der Waals surface area contributed by atoms with Crippen LogP contribution in [0.15, 0.2) is 27.9 Å². The molecule has 0 spiro atoms. The third kappa shape index (κ3) is 3.11. The SMILES string of the molecule is C/C(=N\NC(=O)c1nnn(-c2nonc2N)c1C)c1ccc(F)c(F)c1. The van der Waals surface area contributed by atoms with Crippen LogP contribution in [0, 0.1) is 18.6 Å². The Morgan fingerprint density at radius 1 is 1.31 bits per heavy atom. The lowest BCUT2D eigenvalue weighted by atomic mass is 10.1. The maximum atomic E-state index is 13.3. The molecule has 10 nitrogen and oxygen atoms in total. The minimum absolute atomic E-state index is 0.0165. The van der Waals surface area contributed by atoms with Crippen LogP contribution in [0.2, 0.25) is 0 Å². The van der Waals surface area contributed by atoms with Gasteiger partial charge in [-0.05, 0) is 42.4 Å². The van der Waals surface area contributed by atoms with Gasteiger partial charge >= 0.3 is 0 Å². The van der Waals surface area contributed by atoms with Crippen LogP contribution in [-0.2, 0) is 0 Å². The molecule has 0 radical (unpaired) electrons. The molecule has 1 amide bonds. The molecule has 3 aromatic rings. The van der Waals surface area contributed by atoms with Crippen LogP contribution in [0.4, 0.5) is 14.6 Å². The summed E-state index contributed by atoms with van der Waals surface area (Å²) in [6.07, 6.45) is 0. The Balaban J connectivity index is 1.79. The van der Waals surface area contributed by atoms with Gasteiger partial charge in [0.2, 0.25) is 11.6 Å². The second-order valence-electron chi connectivity index (χ2n) is 5.18. The molecule has 0 unspecified atom stereocenters. The normalized spacial score (nSPS) is 11.6. The van der Waals surface area contributed by atoms with Gasteiger partial charge < -0.3 is 5.73 Å². The lowest BCUT2D eigenvalue weighted by Gasteiger charge is -2.03.